The standard InChI is InChI=1S/C19H17N5O2S/c1-25-17-9-7-15(8-10-17)18-20-16(12-26-18)13-27-19-21-22-23-24(19)11-14-5-3-2-4-6-14/h2-10,12H,11,13H2,1H3. The molecule has 27 heavy (non-hydrogen) atoms. The first kappa shape index (κ1) is 17.3. The number of ether oxygens (including phenoxy) is 1. The molecule has 2 aromatic carbocycles. The van der Waals surface area contributed by atoms with E-state index < -0.39 is 0 Å². The fourth-order valence-electron chi connectivity index (χ4n) is 2.53. The normalized spacial score (nSPS) is 10.9. The van der Waals surface area contributed by atoms with Gasteiger partial charge in [0, 0.05) is 11.3 Å². The quantitative estimate of drug-likeness (QED) is 0.453. The van der Waals surface area contributed by atoms with E-state index in [1.165, 1.54) is 11.8 Å². The van der Waals surface area contributed by atoms with Gasteiger partial charge in [0.05, 0.1) is 19.3 Å². The van der Waals surface area contributed by atoms with E-state index in [0.717, 1.165) is 27.7 Å². The van der Waals surface area contributed by atoms with Crippen molar-refractivity contribution in [1.29, 1.82) is 0 Å². The third-order valence-electron chi connectivity index (χ3n) is 3.91. The summed E-state index contributed by atoms with van der Waals surface area (Å²) >= 11 is 1.53. The molecule has 0 N–H and O–H groups in total. The number of oxazole rings is 1. The molecule has 2 heterocycles. The minimum atomic E-state index is 0.581. The second-order valence-corrected chi connectivity index (χ2v) is 6.71. The van der Waals surface area contributed by atoms with Gasteiger partial charge in [0.1, 0.15) is 12.0 Å². The van der Waals surface area contributed by atoms with E-state index in [1.54, 1.807) is 18.1 Å². The number of benzene rings is 2. The van der Waals surface area contributed by atoms with Gasteiger partial charge in [-0.25, -0.2) is 9.67 Å². The van der Waals surface area contributed by atoms with Crippen LogP contribution in [0.15, 0.2) is 70.4 Å². The number of aromatic nitrogens is 5. The lowest BCUT2D eigenvalue weighted by molar-refractivity contribution is 0.415. The van der Waals surface area contributed by atoms with Crippen LogP contribution in [0.25, 0.3) is 11.5 Å². The van der Waals surface area contributed by atoms with Gasteiger partial charge in [0.25, 0.3) is 0 Å². The Labute approximate surface area is 160 Å². The molecule has 136 valence electrons. The van der Waals surface area contributed by atoms with Gasteiger partial charge in [0.2, 0.25) is 11.0 Å². The van der Waals surface area contributed by atoms with E-state index in [2.05, 4.69) is 32.6 Å². The smallest absolute Gasteiger partial charge is 0.226 e. The topological polar surface area (TPSA) is 78.9 Å². The number of hydrogen-bond donors (Lipinski definition) is 0. The first-order chi connectivity index (χ1) is 13.3. The van der Waals surface area contributed by atoms with E-state index in [1.807, 2.05) is 42.5 Å². The number of methoxy groups -OCH3 is 1. The Balaban J connectivity index is 1.41. The lowest BCUT2D eigenvalue weighted by Gasteiger charge is -2.03. The zero-order chi connectivity index (χ0) is 18.5. The second-order valence-electron chi connectivity index (χ2n) is 5.77. The molecule has 8 heteroatoms. The maximum atomic E-state index is 5.60. The number of nitrogens with zero attached hydrogens (tertiary/aromatic N) is 5. The van der Waals surface area contributed by atoms with Crippen molar-refractivity contribution in [2.24, 2.45) is 0 Å². The lowest BCUT2D eigenvalue weighted by atomic mass is 10.2. The average molecular weight is 379 g/mol. The summed E-state index contributed by atoms with van der Waals surface area (Å²) in [6.45, 7) is 0.631. The highest BCUT2D eigenvalue weighted by molar-refractivity contribution is 7.98. The van der Waals surface area contributed by atoms with E-state index >= 15 is 0 Å². The number of tetrazole rings is 1. The van der Waals surface area contributed by atoms with Crippen molar-refractivity contribution in [3.63, 3.8) is 0 Å². The van der Waals surface area contributed by atoms with Gasteiger partial charge in [-0.2, -0.15) is 0 Å². The Morgan fingerprint density at radius 2 is 1.89 bits per heavy atom. The molecule has 0 radical (unpaired) electrons. The minimum absolute atomic E-state index is 0.581. The van der Waals surface area contributed by atoms with Crippen molar-refractivity contribution in [2.75, 3.05) is 7.11 Å². The fraction of sp³-hybridized carbons (Fsp3) is 0.158. The molecule has 0 saturated carbocycles. The van der Waals surface area contributed by atoms with Gasteiger partial charge in [-0.15, -0.1) is 5.10 Å². The molecule has 0 amide bonds. The Hall–Kier alpha value is -3.13. The summed E-state index contributed by atoms with van der Waals surface area (Å²) in [6.07, 6.45) is 1.66. The van der Waals surface area contributed by atoms with Crippen molar-refractivity contribution in [1.82, 2.24) is 25.2 Å². The molecule has 4 aromatic rings. The predicted molar refractivity (Wildman–Crippen MR) is 101 cm³/mol. The molecule has 0 bridgehead atoms. The van der Waals surface area contributed by atoms with E-state index in [9.17, 15) is 0 Å². The molecule has 0 spiro atoms. The van der Waals surface area contributed by atoms with Crippen LogP contribution < -0.4 is 4.74 Å². The Bertz CT molecular complexity index is 998. The summed E-state index contributed by atoms with van der Waals surface area (Å²) in [5, 5.41) is 12.7. The second kappa shape index (κ2) is 8.05. The molecule has 0 fully saturated rings. The summed E-state index contributed by atoms with van der Waals surface area (Å²) < 4.78 is 12.5. The molecule has 7 nitrogen and oxygen atoms in total. The zero-order valence-corrected chi connectivity index (χ0v) is 15.5. The molecule has 0 aliphatic carbocycles. The number of hydrogen-bond acceptors (Lipinski definition) is 7. The van der Waals surface area contributed by atoms with Crippen molar-refractivity contribution >= 4 is 11.8 Å². The van der Waals surface area contributed by atoms with E-state index in [4.69, 9.17) is 9.15 Å². The lowest BCUT2D eigenvalue weighted by Crippen LogP contribution is -2.03. The summed E-state index contributed by atoms with van der Waals surface area (Å²) in [6, 6.07) is 17.7. The van der Waals surface area contributed by atoms with Crippen LogP contribution in [0, 0.1) is 0 Å². The van der Waals surface area contributed by atoms with Gasteiger partial charge in [0.15, 0.2) is 0 Å². The molecular weight excluding hydrogens is 362 g/mol. The van der Waals surface area contributed by atoms with Crippen LogP contribution >= 0.6 is 11.8 Å². The number of thioether (sulfide) groups is 1. The molecule has 2 aromatic heterocycles. The summed E-state index contributed by atoms with van der Waals surface area (Å²) in [7, 11) is 1.64. The molecule has 0 unspecified atom stereocenters. The molecule has 0 saturated heterocycles. The Morgan fingerprint density at radius 3 is 2.67 bits per heavy atom. The SMILES string of the molecule is COc1ccc(-c2nc(CSc3nnnn3Cc3ccccc3)co2)cc1. The van der Waals surface area contributed by atoms with Gasteiger partial charge in [-0.3, -0.25) is 0 Å². The van der Waals surface area contributed by atoms with Crippen LogP contribution in [0.2, 0.25) is 0 Å². The highest BCUT2D eigenvalue weighted by atomic mass is 32.2. The predicted octanol–water partition coefficient (Wildman–Crippen LogP) is 3.68. The first-order valence-electron chi connectivity index (χ1n) is 8.33. The van der Waals surface area contributed by atoms with Crippen molar-refractivity contribution in [3.8, 4) is 17.2 Å². The van der Waals surface area contributed by atoms with Crippen molar-refractivity contribution in [3.05, 3.63) is 72.1 Å². The maximum Gasteiger partial charge on any atom is 0.226 e. The molecule has 0 aliphatic rings. The fourth-order valence-corrected chi connectivity index (χ4v) is 3.29. The monoisotopic (exact) mass is 379 g/mol. The molecule has 0 atom stereocenters. The largest absolute Gasteiger partial charge is 0.497 e. The average Bonchev–Trinajstić information content (AvgIpc) is 3.37. The summed E-state index contributed by atoms with van der Waals surface area (Å²) in [5.41, 5.74) is 2.89. The van der Waals surface area contributed by atoms with Crippen LogP contribution in [0.3, 0.4) is 0 Å². The zero-order valence-electron chi connectivity index (χ0n) is 14.6. The van der Waals surface area contributed by atoms with Gasteiger partial charge in [-0.05, 0) is 40.3 Å². The Morgan fingerprint density at radius 1 is 1.07 bits per heavy atom. The van der Waals surface area contributed by atoms with E-state index in [-0.39, 0.29) is 0 Å². The van der Waals surface area contributed by atoms with Crippen LogP contribution in [-0.4, -0.2) is 32.3 Å². The van der Waals surface area contributed by atoms with Crippen LogP contribution in [-0.2, 0) is 12.3 Å². The minimum Gasteiger partial charge on any atom is -0.497 e. The summed E-state index contributed by atoms with van der Waals surface area (Å²) in [4.78, 5) is 4.54. The maximum absolute atomic E-state index is 5.60. The first-order valence-corrected chi connectivity index (χ1v) is 9.32. The molecular formula is C19H17N5O2S. The highest BCUT2D eigenvalue weighted by Gasteiger charge is 2.11. The third-order valence-corrected chi connectivity index (χ3v) is 4.90. The third kappa shape index (κ3) is 4.17. The van der Waals surface area contributed by atoms with Crippen LogP contribution in [0.5, 0.6) is 5.75 Å². The van der Waals surface area contributed by atoms with Crippen molar-refractivity contribution < 1.29 is 9.15 Å². The van der Waals surface area contributed by atoms with Crippen LogP contribution in [0.4, 0.5) is 0 Å². The van der Waals surface area contributed by atoms with E-state index in [0.29, 0.717) is 18.2 Å². The van der Waals surface area contributed by atoms with Crippen molar-refractivity contribution in [2.45, 2.75) is 17.5 Å². The van der Waals surface area contributed by atoms with Gasteiger partial charge in [-0.1, -0.05) is 42.1 Å². The molecule has 4 rings (SSSR count). The summed E-state index contributed by atoms with van der Waals surface area (Å²) in [5.74, 6) is 2.00. The van der Waals surface area contributed by atoms with Crippen LogP contribution in [0.1, 0.15) is 11.3 Å². The highest BCUT2D eigenvalue weighted by Crippen LogP contribution is 2.25. The Kier molecular flexibility index (Phi) is 5.15. The molecule has 0 aliphatic heterocycles. The van der Waals surface area contributed by atoms with Gasteiger partial charge < -0.3 is 9.15 Å². The van der Waals surface area contributed by atoms with Gasteiger partial charge >= 0.3 is 0 Å². The number of rotatable bonds is 7.